The lowest BCUT2D eigenvalue weighted by Crippen LogP contribution is -2.30. The molecule has 2 N–H and O–H groups in total. The molecule has 0 aliphatic heterocycles. The van der Waals surface area contributed by atoms with Crippen LogP contribution >= 0.6 is 0 Å². The van der Waals surface area contributed by atoms with Crippen LogP contribution in [-0.4, -0.2) is 24.3 Å². The van der Waals surface area contributed by atoms with Crippen molar-refractivity contribution in [2.75, 3.05) is 13.1 Å². The fourth-order valence-corrected chi connectivity index (χ4v) is 0.662. The molecule has 0 saturated carbocycles. The van der Waals surface area contributed by atoms with E-state index < -0.39 is 0 Å². The van der Waals surface area contributed by atoms with Crippen LogP contribution in [0.1, 0.15) is 27.2 Å². The van der Waals surface area contributed by atoms with E-state index >= 15 is 0 Å². The van der Waals surface area contributed by atoms with Crippen LogP contribution in [0.3, 0.4) is 0 Å². The average molecular weight is 145 g/mol. The second-order valence-electron chi connectivity index (χ2n) is 3.02. The van der Waals surface area contributed by atoms with Crippen LogP contribution in [0.5, 0.6) is 0 Å². The zero-order valence-electron chi connectivity index (χ0n) is 7.22. The third-order valence-corrected chi connectivity index (χ3v) is 1.55. The van der Waals surface area contributed by atoms with E-state index in [-0.39, 0.29) is 6.10 Å². The minimum absolute atomic E-state index is 0.188. The molecule has 0 aliphatic rings. The van der Waals surface area contributed by atoms with Crippen LogP contribution in [0.4, 0.5) is 0 Å². The Morgan fingerprint density at radius 1 is 1.40 bits per heavy atom. The van der Waals surface area contributed by atoms with E-state index in [4.69, 9.17) is 0 Å². The van der Waals surface area contributed by atoms with Crippen molar-refractivity contribution < 1.29 is 5.11 Å². The first-order valence-corrected chi connectivity index (χ1v) is 4.07. The summed E-state index contributed by atoms with van der Waals surface area (Å²) in [5, 5.41) is 12.5. The van der Waals surface area contributed by atoms with Gasteiger partial charge in [-0.25, -0.2) is 0 Å². The minimum Gasteiger partial charge on any atom is -0.392 e. The first kappa shape index (κ1) is 9.92. The predicted molar refractivity (Wildman–Crippen MR) is 44.0 cm³/mol. The zero-order chi connectivity index (χ0) is 7.98. The Balaban J connectivity index is 3.13. The molecule has 10 heavy (non-hydrogen) atoms. The van der Waals surface area contributed by atoms with Gasteiger partial charge in [-0.3, -0.25) is 0 Å². The van der Waals surface area contributed by atoms with Gasteiger partial charge < -0.3 is 10.4 Å². The van der Waals surface area contributed by atoms with Gasteiger partial charge in [-0.2, -0.15) is 0 Å². The number of nitrogens with one attached hydrogen (secondary N) is 1. The molecule has 0 spiro atoms. The highest BCUT2D eigenvalue weighted by Gasteiger charge is 2.06. The van der Waals surface area contributed by atoms with Gasteiger partial charge in [0.1, 0.15) is 0 Å². The monoisotopic (exact) mass is 145 g/mol. The Bertz CT molecular complexity index is 73.7. The highest BCUT2D eigenvalue weighted by atomic mass is 16.3. The van der Waals surface area contributed by atoms with Crippen LogP contribution < -0.4 is 5.32 Å². The van der Waals surface area contributed by atoms with Crippen molar-refractivity contribution in [3.63, 3.8) is 0 Å². The molecule has 62 valence electrons. The number of hydrogen-bond donors (Lipinski definition) is 2. The summed E-state index contributed by atoms with van der Waals surface area (Å²) in [6.07, 6.45) is 0.941. The van der Waals surface area contributed by atoms with Gasteiger partial charge in [-0.05, 0) is 18.9 Å². The second-order valence-corrected chi connectivity index (χ2v) is 3.02. The minimum atomic E-state index is -0.188. The molecule has 2 heteroatoms. The molecule has 1 unspecified atom stereocenters. The smallest absolute Gasteiger partial charge is 0.0687 e. The first-order chi connectivity index (χ1) is 4.68. The maximum Gasteiger partial charge on any atom is 0.0687 e. The van der Waals surface area contributed by atoms with Gasteiger partial charge in [0.25, 0.3) is 0 Å². The molecule has 0 aromatic rings. The van der Waals surface area contributed by atoms with Gasteiger partial charge in [0.05, 0.1) is 6.10 Å². The Hall–Kier alpha value is -0.0800. The van der Waals surface area contributed by atoms with Crippen LogP contribution in [-0.2, 0) is 0 Å². The van der Waals surface area contributed by atoms with Crippen molar-refractivity contribution in [2.24, 2.45) is 5.92 Å². The third-order valence-electron chi connectivity index (χ3n) is 1.55. The molecule has 0 bridgehead atoms. The largest absolute Gasteiger partial charge is 0.392 e. The summed E-state index contributed by atoms with van der Waals surface area (Å²) in [4.78, 5) is 0. The van der Waals surface area contributed by atoms with Crippen molar-refractivity contribution in [3.05, 3.63) is 0 Å². The average Bonchev–Trinajstić information content (AvgIpc) is 1.88. The number of aliphatic hydroxyl groups is 1. The lowest BCUT2D eigenvalue weighted by molar-refractivity contribution is 0.124. The Morgan fingerprint density at radius 3 is 2.40 bits per heavy atom. The van der Waals surface area contributed by atoms with E-state index in [1.807, 2.05) is 13.8 Å². The maximum absolute atomic E-state index is 9.29. The first-order valence-electron chi connectivity index (χ1n) is 4.07. The topological polar surface area (TPSA) is 32.3 Å². The van der Waals surface area contributed by atoms with Gasteiger partial charge in [0.2, 0.25) is 0 Å². The molecule has 0 amide bonds. The lowest BCUT2D eigenvalue weighted by Gasteiger charge is -2.14. The summed E-state index contributed by atoms with van der Waals surface area (Å²) in [5.41, 5.74) is 0. The zero-order valence-corrected chi connectivity index (χ0v) is 7.22. The quantitative estimate of drug-likeness (QED) is 0.566. The van der Waals surface area contributed by atoms with Gasteiger partial charge in [0, 0.05) is 6.54 Å². The van der Waals surface area contributed by atoms with E-state index in [9.17, 15) is 5.11 Å². The van der Waals surface area contributed by atoms with Crippen molar-refractivity contribution in [3.8, 4) is 0 Å². The van der Waals surface area contributed by atoms with Crippen molar-refractivity contribution in [2.45, 2.75) is 33.3 Å². The molecule has 0 radical (unpaired) electrons. The van der Waals surface area contributed by atoms with Gasteiger partial charge in [-0.1, -0.05) is 20.8 Å². The molecule has 0 aromatic heterocycles. The molecule has 0 aromatic carbocycles. The summed E-state index contributed by atoms with van der Waals surface area (Å²) in [6, 6.07) is 0. The van der Waals surface area contributed by atoms with Crippen LogP contribution in [0, 0.1) is 5.92 Å². The molecule has 2 nitrogen and oxygen atoms in total. The van der Waals surface area contributed by atoms with Gasteiger partial charge in [-0.15, -0.1) is 0 Å². The van der Waals surface area contributed by atoms with E-state index in [1.165, 1.54) is 0 Å². The summed E-state index contributed by atoms with van der Waals surface area (Å²) >= 11 is 0. The standard InChI is InChI=1S/C8H19NO/c1-4-5-9-6-8(10)7(2)3/h7-10H,4-6H2,1-3H3. The lowest BCUT2D eigenvalue weighted by atomic mass is 10.1. The molecule has 0 saturated heterocycles. The van der Waals surface area contributed by atoms with E-state index in [1.54, 1.807) is 0 Å². The van der Waals surface area contributed by atoms with Crippen molar-refractivity contribution >= 4 is 0 Å². The van der Waals surface area contributed by atoms with Crippen molar-refractivity contribution in [1.82, 2.24) is 5.32 Å². The molecular weight excluding hydrogens is 126 g/mol. The summed E-state index contributed by atoms with van der Waals surface area (Å²) in [6.45, 7) is 7.90. The summed E-state index contributed by atoms with van der Waals surface area (Å²) in [7, 11) is 0. The highest BCUT2D eigenvalue weighted by Crippen LogP contribution is 1.98. The SMILES string of the molecule is CCCNCC(O)C(C)C. The van der Waals surface area contributed by atoms with Gasteiger partial charge >= 0.3 is 0 Å². The molecule has 1 atom stereocenters. The number of aliphatic hydroxyl groups excluding tert-OH is 1. The van der Waals surface area contributed by atoms with Crippen LogP contribution in [0.2, 0.25) is 0 Å². The number of rotatable bonds is 5. The van der Waals surface area contributed by atoms with Crippen LogP contribution in [0.15, 0.2) is 0 Å². The Kier molecular flexibility index (Phi) is 5.64. The molecule has 0 heterocycles. The Morgan fingerprint density at radius 2 is 2.00 bits per heavy atom. The predicted octanol–water partition coefficient (Wildman–Crippen LogP) is 1.00. The van der Waals surface area contributed by atoms with Crippen LogP contribution in [0.25, 0.3) is 0 Å². The van der Waals surface area contributed by atoms with Gasteiger partial charge in [0.15, 0.2) is 0 Å². The summed E-state index contributed by atoms with van der Waals surface area (Å²) < 4.78 is 0. The molecule has 0 aliphatic carbocycles. The van der Waals surface area contributed by atoms with E-state index in [2.05, 4.69) is 12.2 Å². The summed E-state index contributed by atoms with van der Waals surface area (Å²) in [5.74, 6) is 0.365. The third kappa shape index (κ3) is 4.77. The normalized spacial score (nSPS) is 14.1. The molecule has 0 rings (SSSR count). The van der Waals surface area contributed by atoms with E-state index in [0.717, 1.165) is 19.5 Å². The Labute approximate surface area is 63.6 Å². The molecule has 0 fully saturated rings. The fraction of sp³-hybridized carbons (Fsp3) is 1.00. The second kappa shape index (κ2) is 5.69. The van der Waals surface area contributed by atoms with E-state index in [0.29, 0.717) is 5.92 Å². The fourth-order valence-electron chi connectivity index (χ4n) is 0.662. The number of hydrogen-bond acceptors (Lipinski definition) is 2. The molecular formula is C8H19NO. The highest BCUT2D eigenvalue weighted by molar-refractivity contribution is 4.62. The maximum atomic E-state index is 9.29. The van der Waals surface area contributed by atoms with Crippen molar-refractivity contribution in [1.29, 1.82) is 0 Å².